The highest BCUT2D eigenvalue weighted by atomic mass is 16.4. The molecule has 2 N–H and O–H groups in total. The van der Waals surface area contributed by atoms with Gasteiger partial charge in [-0.25, -0.2) is 4.98 Å². The van der Waals surface area contributed by atoms with Crippen molar-refractivity contribution in [3.63, 3.8) is 0 Å². The zero-order valence-electron chi connectivity index (χ0n) is 9.72. The molecule has 0 unspecified atom stereocenters. The van der Waals surface area contributed by atoms with Crippen LogP contribution in [0.1, 0.15) is 10.6 Å². The van der Waals surface area contributed by atoms with Crippen LogP contribution in [-0.4, -0.2) is 61.9 Å². The molecule has 0 radical (unpaired) electrons. The molecule has 1 amide bonds. The molecule has 0 aliphatic carbocycles. The van der Waals surface area contributed by atoms with Crippen molar-refractivity contribution < 1.29 is 29.4 Å². The Labute approximate surface area is 107 Å². The summed E-state index contributed by atoms with van der Waals surface area (Å²) in [5.74, 6) is -3.38. The summed E-state index contributed by atoms with van der Waals surface area (Å²) in [4.78, 5) is 47.8. The molecule has 0 spiro atoms. The number of hydrogen-bond donors (Lipinski definition) is 2. The second-order valence-electron chi connectivity index (χ2n) is 3.57. The number of aromatic nitrogens is 2. The van der Waals surface area contributed by atoms with Crippen LogP contribution >= 0.6 is 0 Å². The number of carbonyl (C=O) groups is 4. The molecule has 9 heteroatoms. The van der Waals surface area contributed by atoms with Gasteiger partial charge in [-0.2, -0.15) is 0 Å². The van der Waals surface area contributed by atoms with Crippen LogP contribution in [0.25, 0.3) is 0 Å². The molecule has 0 aliphatic heterocycles. The van der Waals surface area contributed by atoms with Gasteiger partial charge in [0, 0.05) is 12.4 Å². The zero-order valence-corrected chi connectivity index (χ0v) is 9.72. The Hall–Kier alpha value is -2.71. The van der Waals surface area contributed by atoms with Gasteiger partial charge >= 0.3 is 11.9 Å². The van der Waals surface area contributed by atoms with E-state index < -0.39 is 30.9 Å². The van der Waals surface area contributed by atoms with E-state index in [1.54, 1.807) is 0 Å². The highest BCUT2D eigenvalue weighted by molar-refractivity contribution is 5.85. The van der Waals surface area contributed by atoms with E-state index in [0.717, 1.165) is 0 Å². The van der Waals surface area contributed by atoms with Crippen molar-refractivity contribution in [2.45, 2.75) is 6.54 Å². The molecule has 1 rings (SSSR count). The first-order chi connectivity index (χ1) is 8.93. The number of carboxylic acid groups (broad SMARTS) is 2. The van der Waals surface area contributed by atoms with Crippen LogP contribution in [0.2, 0.25) is 0 Å². The fraction of sp³-hybridized carbons (Fsp3) is 0.300. The van der Waals surface area contributed by atoms with Gasteiger partial charge in [-0.3, -0.25) is 19.2 Å². The average Bonchev–Trinajstić information content (AvgIpc) is 2.74. The third kappa shape index (κ3) is 4.22. The molecular formula is C10H11N3O6. The molecule has 9 nitrogen and oxygen atoms in total. The average molecular weight is 269 g/mol. The van der Waals surface area contributed by atoms with Crippen molar-refractivity contribution in [2.24, 2.45) is 0 Å². The highest BCUT2D eigenvalue weighted by Crippen LogP contribution is 1.98. The first kappa shape index (κ1) is 14.4. The number of hydrogen-bond acceptors (Lipinski definition) is 5. The fourth-order valence-corrected chi connectivity index (χ4v) is 1.38. The molecule has 1 aromatic rings. The van der Waals surface area contributed by atoms with Gasteiger partial charge in [0.1, 0.15) is 19.6 Å². The summed E-state index contributed by atoms with van der Waals surface area (Å²) in [6.45, 7) is -1.80. The van der Waals surface area contributed by atoms with Crippen LogP contribution < -0.4 is 0 Å². The molecule has 102 valence electrons. The maximum absolute atomic E-state index is 11.8. The standard InChI is InChI=1S/C10H11N3O6/c14-6-7-11-1-2-12(7)3-8(15)13(4-9(16)17)5-10(18)19/h1-2,6H,3-5H2,(H,16,17)(H,18,19). The number of aliphatic carboxylic acids is 2. The van der Waals surface area contributed by atoms with Gasteiger partial charge in [0.15, 0.2) is 12.1 Å². The minimum absolute atomic E-state index is 0.000972. The van der Waals surface area contributed by atoms with Crippen LogP contribution in [0, 0.1) is 0 Å². The summed E-state index contributed by atoms with van der Waals surface area (Å²) < 4.78 is 1.20. The number of aldehydes is 1. The molecular weight excluding hydrogens is 258 g/mol. The topological polar surface area (TPSA) is 130 Å². The predicted octanol–water partition coefficient (Wildman–Crippen LogP) is -1.31. The maximum atomic E-state index is 11.8. The van der Waals surface area contributed by atoms with Gasteiger partial charge < -0.3 is 19.7 Å². The molecule has 1 aromatic heterocycles. The lowest BCUT2D eigenvalue weighted by Crippen LogP contribution is -2.41. The summed E-state index contributed by atoms with van der Waals surface area (Å²) in [6.07, 6.45) is 3.10. The lowest BCUT2D eigenvalue weighted by Gasteiger charge is -2.18. The lowest BCUT2D eigenvalue weighted by molar-refractivity contribution is -0.149. The number of rotatable bonds is 7. The molecule has 0 bridgehead atoms. The summed E-state index contributed by atoms with van der Waals surface area (Å²) in [7, 11) is 0. The molecule has 0 saturated carbocycles. The SMILES string of the molecule is O=Cc1nccn1CC(=O)N(CC(=O)O)CC(=O)O. The number of amides is 1. The van der Waals surface area contributed by atoms with Crippen LogP contribution in [-0.2, 0) is 20.9 Å². The van der Waals surface area contributed by atoms with Crippen LogP contribution in [0.5, 0.6) is 0 Å². The van der Waals surface area contributed by atoms with Gasteiger partial charge in [0.25, 0.3) is 0 Å². The summed E-state index contributed by atoms with van der Waals surface area (Å²) in [6, 6.07) is 0. The van der Waals surface area contributed by atoms with Crippen molar-refractivity contribution in [1.82, 2.24) is 14.5 Å². The van der Waals surface area contributed by atoms with Crippen molar-refractivity contribution in [3.05, 3.63) is 18.2 Å². The summed E-state index contributed by atoms with van der Waals surface area (Å²) in [5.41, 5.74) is 0. The van der Waals surface area contributed by atoms with Gasteiger partial charge in [-0.05, 0) is 0 Å². The first-order valence-corrected chi connectivity index (χ1v) is 5.11. The Bertz CT molecular complexity index is 493. The molecule has 0 aromatic carbocycles. The molecule has 19 heavy (non-hydrogen) atoms. The molecule has 0 saturated heterocycles. The minimum Gasteiger partial charge on any atom is -0.480 e. The first-order valence-electron chi connectivity index (χ1n) is 5.11. The number of carbonyl (C=O) groups excluding carboxylic acids is 2. The van der Waals surface area contributed by atoms with Crippen LogP contribution in [0.15, 0.2) is 12.4 Å². The monoisotopic (exact) mass is 269 g/mol. The Morgan fingerprint density at radius 1 is 1.26 bits per heavy atom. The van der Waals surface area contributed by atoms with Crippen molar-refractivity contribution in [2.75, 3.05) is 13.1 Å². The molecule has 0 atom stereocenters. The smallest absolute Gasteiger partial charge is 0.323 e. The van der Waals surface area contributed by atoms with Crippen molar-refractivity contribution in [1.29, 1.82) is 0 Å². The van der Waals surface area contributed by atoms with E-state index in [1.165, 1.54) is 17.0 Å². The van der Waals surface area contributed by atoms with Crippen molar-refractivity contribution >= 4 is 24.1 Å². The third-order valence-corrected chi connectivity index (χ3v) is 2.16. The Morgan fingerprint density at radius 3 is 2.32 bits per heavy atom. The predicted molar refractivity (Wildman–Crippen MR) is 59.5 cm³/mol. The Balaban J connectivity index is 2.79. The van der Waals surface area contributed by atoms with Gasteiger partial charge in [-0.1, -0.05) is 0 Å². The maximum Gasteiger partial charge on any atom is 0.323 e. The number of nitrogens with zero attached hydrogens (tertiary/aromatic N) is 3. The van der Waals surface area contributed by atoms with Gasteiger partial charge in [0.05, 0.1) is 0 Å². The van der Waals surface area contributed by atoms with E-state index in [9.17, 15) is 19.2 Å². The Kier molecular flexibility index (Phi) is 4.75. The second-order valence-corrected chi connectivity index (χ2v) is 3.57. The normalized spacial score (nSPS) is 9.89. The van der Waals surface area contributed by atoms with Crippen molar-refractivity contribution in [3.8, 4) is 0 Å². The molecule has 0 fully saturated rings. The van der Waals surface area contributed by atoms with E-state index in [1.807, 2.05) is 0 Å². The third-order valence-electron chi connectivity index (χ3n) is 2.16. The van der Waals surface area contributed by atoms with E-state index in [0.29, 0.717) is 11.2 Å². The summed E-state index contributed by atoms with van der Waals surface area (Å²) >= 11 is 0. The molecule has 1 heterocycles. The zero-order chi connectivity index (χ0) is 14.4. The number of imidazole rings is 1. The van der Waals surface area contributed by atoms with E-state index >= 15 is 0 Å². The second kappa shape index (κ2) is 6.28. The quantitative estimate of drug-likeness (QED) is 0.588. The van der Waals surface area contributed by atoms with E-state index in [-0.39, 0.29) is 12.4 Å². The lowest BCUT2D eigenvalue weighted by atomic mass is 10.4. The molecule has 0 aliphatic rings. The largest absolute Gasteiger partial charge is 0.480 e. The summed E-state index contributed by atoms with van der Waals surface area (Å²) in [5, 5.41) is 17.2. The fourth-order valence-electron chi connectivity index (χ4n) is 1.38. The Morgan fingerprint density at radius 2 is 1.84 bits per heavy atom. The van der Waals surface area contributed by atoms with Gasteiger partial charge in [-0.15, -0.1) is 0 Å². The van der Waals surface area contributed by atoms with E-state index in [2.05, 4.69) is 4.98 Å². The van der Waals surface area contributed by atoms with Crippen LogP contribution in [0.4, 0.5) is 0 Å². The number of carboxylic acids is 2. The van der Waals surface area contributed by atoms with E-state index in [4.69, 9.17) is 10.2 Å². The minimum atomic E-state index is -1.32. The highest BCUT2D eigenvalue weighted by Gasteiger charge is 2.20. The van der Waals surface area contributed by atoms with Gasteiger partial charge in [0.2, 0.25) is 5.91 Å². The van der Waals surface area contributed by atoms with Crippen LogP contribution in [0.3, 0.4) is 0 Å².